The number of ether oxygens (including phenoxy) is 2. The second kappa shape index (κ2) is 14.2. The van der Waals surface area contributed by atoms with Gasteiger partial charge < -0.3 is 14.8 Å². The minimum Gasteiger partial charge on any atom is -0.497 e. The average Bonchev–Trinajstić information content (AvgIpc) is 3.00. The van der Waals surface area contributed by atoms with Crippen molar-refractivity contribution in [3.05, 3.63) is 114 Å². The van der Waals surface area contributed by atoms with Crippen molar-refractivity contribution in [2.24, 2.45) is 5.10 Å². The van der Waals surface area contributed by atoms with Gasteiger partial charge in [0.15, 0.2) is 6.61 Å². The number of hydrogen-bond acceptors (Lipinski definition) is 7. The molecule has 0 aromatic heterocycles. The fourth-order valence-electron chi connectivity index (χ4n) is 3.68. The third-order valence-corrected chi connectivity index (χ3v) is 7.76. The smallest absolute Gasteiger partial charge is 0.264 e. The maximum atomic E-state index is 13.3. The number of benzene rings is 4. The number of halogens is 1. The third kappa shape index (κ3) is 8.32. The van der Waals surface area contributed by atoms with Crippen molar-refractivity contribution in [3.8, 4) is 11.5 Å². The van der Waals surface area contributed by atoms with Crippen LogP contribution in [0.3, 0.4) is 0 Å². The summed E-state index contributed by atoms with van der Waals surface area (Å²) in [6, 6.07) is 27.6. The first-order valence-electron chi connectivity index (χ1n) is 12.6. The highest BCUT2D eigenvalue weighted by atomic mass is 35.5. The van der Waals surface area contributed by atoms with Gasteiger partial charge in [-0.05, 0) is 84.4 Å². The van der Waals surface area contributed by atoms with E-state index < -0.39 is 22.5 Å². The summed E-state index contributed by atoms with van der Waals surface area (Å²) in [5.41, 5.74) is 3.84. The number of methoxy groups -OCH3 is 1. The molecule has 0 saturated carbocycles. The number of hydrazone groups is 1. The maximum Gasteiger partial charge on any atom is 0.264 e. The van der Waals surface area contributed by atoms with Crippen LogP contribution in [0.15, 0.2) is 113 Å². The minimum atomic E-state index is -4.07. The van der Waals surface area contributed by atoms with Crippen LogP contribution in [0.1, 0.15) is 5.56 Å². The highest BCUT2D eigenvalue weighted by Crippen LogP contribution is 2.26. The van der Waals surface area contributed by atoms with E-state index in [9.17, 15) is 18.0 Å². The van der Waals surface area contributed by atoms with Crippen molar-refractivity contribution in [2.45, 2.75) is 4.90 Å². The molecule has 4 rings (SSSR count). The minimum absolute atomic E-state index is 0.0294. The summed E-state index contributed by atoms with van der Waals surface area (Å²) in [4.78, 5) is 24.9. The van der Waals surface area contributed by atoms with E-state index in [-0.39, 0.29) is 23.1 Å². The molecular formula is C30H27ClN4O6S. The number of carbonyl (C=O) groups is 2. The van der Waals surface area contributed by atoms with E-state index in [2.05, 4.69) is 15.8 Å². The van der Waals surface area contributed by atoms with E-state index in [1.807, 2.05) is 0 Å². The standard InChI is InChI=1S/C30H27ClN4O6S/c1-40-26-16-12-24(13-17-26)33-30(37)21-41-27-14-10-22(11-15-27)19-32-34-29(36)20-35(25-7-5-6-23(31)18-25)42(38,39)28-8-3-2-4-9-28/h2-19H,20-21H2,1H3,(H,33,37)(H,34,36)/b32-19-. The van der Waals surface area contributed by atoms with Crippen molar-refractivity contribution in [3.63, 3.8) is 0 Å². The molecular weight excluding hydrogens is 580 g/mol. The summed E-state index contributed by atoms with van der Waals surface area (Å²) in [5.74, 6) is 0.162. The molecule has 4 aromatic carbocycles. The van der Waals surface area contributed by atoms with E-state index in [0.29, 0.717) is 27.8 Å². The van der Waals surface area contributed by atoms with Crippen molar-refractivity contribution < 1.29 is 27.5 Å². The maximum absolute atomic E-state index is 13.3. The molecule has 0 aliphatic carbocycles. The Morgan fingerprint density at radius 3 is 2.24 bits per heavy atom. The second-order valence-electron chi connectivity index (χ2n) is 8.73. The molecule has 0 aliphatic rings. The molecule has 0 saturated heterocycles. The topological polar surface area (TPSA) is 126 Å². The highest BCUT2D eigenvalue weighted by Gasteiger charge is 2.27. The van der Waals surface area contributed by atoms with Crippen LogP contribution in [0.5, 0.6) is 11.5 Å². The highest BCUT2D eigenvalue weighted by molar-refractivity contribution is 7.92. The van der Waals surface area contributed by atoms with Crippen molar-refractivity contribution in [2.75, 3.05) is 29.9 Å². The van der Waals surface area contributed by atoms with Gasteiger partial charge in [0.25, 0.3) is 21.8 Å². The summed E-state index contributed by atoms with van der Waals surface area (Å²) in [7, 11) is -2.50. The van der Waals surface area contributed by atoms with Crippen LogP contribution in [0, 0.1) is 0 Å². The molecule has 216 valence electrons. The van der Waals surface area contributed by atoms with Gasteiger partial charge in [-0.15, -0.1) is 0 Å². The average molecular weight is 607 g/mol. The number of rotatable bonds is 12. The fourth-order valence-corrected chi connectivity index (χ4v) is 5.30. The SMILES string of the molecule is COc1ccc(NC(=O)COc2ccc(/C=N\NC(=O)CN(c3cccc(Cl)c3)S(=O)(=O)c3ccccc3)cc2)cc1. The lowest BCUT2D eigenvalue weighted by Crippen LogP contribution is -2.39. The molecule has 0 spiro atoms. The molecule has 4 aromatic rings. The Morgan fingerprint density at radius 1 is 0.881 bits per heavy atom. The lowest BCUT2D eigenvalue weighted by molar-refractivity contribution is -0.119. The summed E-state index contributed by atoms with van der Waals surface area (Å²) < 4.78 is 38.3. The lowest BCUT2D eigenvalue weighted by Gasteiger charge is -2.23. The van der Waals surface area contributed by atoms with E-state index in [1.165, 1.54) is 24.4 Å². The molecule has 42 heavy (non-hydrogen) atoms. The largest absolute Gasteiger partial charge is 0.497 e. The summed E-state index contributed by atoms with van der Waals surface area (Å²) in [6.07, 6.45) is 1.40. The Kier molecular flexibility index (Phi) is 10.1. The summed E-state index contributed by atoms with van der Waals surface area (Å²) in [5, 5.41) is 6.99. The number of carbonyl (C=O) groups excluding carboxylic acids is 2. The van der Waals surface area contributed by atoms with Gasteiger partial charge in [0.05, 0.1) is 23.9 Å². The van der Waals surface area contributed by atoms with Crippen LogP contribution in [0.25, 0.3) is 0 Å². The van der Waals surface area contributed by atoms with Gasteiger partial charge in [-0.1, -0.05) is 35.9 Å². The Labute approximate surface area is 248 Å². The van der Waals surface area contributed by atoms with Gasteiger partial charge in [-0.3, -0.25) is 13.9 Å². The van der Waals surface area contributed by atoms with E-state index in [4.69, 9.17) is 21.1 Å². The van der Waals surface area contributed by atoms with Crippen molar-refractivity contribution >= 4 is 51.0 Å². The molecule has 12 heteroatoms. The number of amides is 2. The van der Waals surface area contributed by atoms with E-state index in [1.54, 1.807) is 92.0 Å². The molecule has 0 bridgehead atoms. The number of anilines is 2. The summed E-state index contributed by atoms with van der Waals surface area (Å²) >= 11 is 6.08. The molecule has 2 amide bonds. The van der Waals surface area contributed by atoms with E-state index in [0.717, 1.165) is 4.31 Å². The normalized spacial score (nSPS) is 11.1. The molecule has 10 nitrogen and oxygen atoms in total. The predicted octanol–water partition coefficient (Wildman–Crippen LogP) is 4.71. The number of nitrogens with zero attached hydrogens (tertiary/aromatic N) is 2. The first-order chi connectivity index (χ1) is 20.2. The molecule has 0 radical (unpaired) electrons. The molecule has 2 N–H and O–H groups in total. The van der Waals surface area contributed by atoms with Crippen LogP contribution < -0.4 is 24.5 Å². The van der Waals surface area contributed by atoms with Crippen LogP contribution in [0.4, 0.5) is 11.4 Å². The van der Waals surface area contributed by atoms with Gasteiger partial charge in [0.1, 0.15) is 18.0 Å². The van der Waals surface area contributed by atoms with Crippen LogP contribution in [-0.4, -0.2) is 46.7 Å². The third-order valence-electron chi connectivity index (χ3n) is 5.74. The Bertz CT molecular complexity index is 1650. The van der Waals surface area contributed by atoms with Gasteiger partial charge in [-0.25, -0.2) is 13.8 Å². The van der Waals surface area contributed by atoms with Crippen LogP contribution in [-0.2, 0) is 19.6 Å². The Hall–Kier alpha value is -4.87. The lowest BCUT2D eigenvalue weighted by atomic mass is 10.2. The van der Waals surface area contributed by atoms with Gasteiger partial charge in [-0.2, -0.15) is 5.10 Å². The molecule has 0 atom stereocenters. The van der Waals surface area contributed by atoms with Crippen LogP contribution in [0.2, 0.25) is 5.02 Å². The van der Waals surface area contributed by atoms with Crippen LogP contribution >= 0.6 is 11.6 Å². The quantitative estimate of drug-likeness (QED) is 0.178. The molecule has 0 heterocycles. The first kappa shape index (κ1) is 30.1. The Morgan fingerprint density at radius 2 is 1.57 bits per heavy atom. The molecule has 0 aliphatic heterocycles. The molecule has 0 unspecified atom stereocenters. The van der Waals surface area contributed by atoms with Crippen molar-refractivity contribution in [1.29, 1.82) is 0 Å². The number of nitrogens with one attached hydrogen (secondary N) is 2. The summed E-state index contributed by atoms with van der Waals surface area (Å²) in [6.45, 7) is -0.717. The zero-order valence-corrected chi connectivity index (χ0v) is 24.0. The first-order valence-corrected chi connectivity index (χ1v) is 14.4. The second-order valence-corrected chi connectivity index (χ2v) is 11.0. The fraction of sp³-hybridized carbons (Fsp3) is 0.100. The Balaban J connectivity index is 1.32. The van der Waals surface area contributed by atoms with Gasteiger partial charge in [0.2, 0.25) is 0 Å². The number of hydrogen-bond donors (Lipinski definition) is 2. The zero-order valence-electron chi connectivity index (χ0n) is 22.4. The monoisotopic (exact) mass is 606 g/mol. The van der Waals surface area contributed by atoms with Crippen molar-refractivity contribution in [1.82, 2.24) is 5.43 Å². The number of sulfonamides is 1. The van der Waals surface area contributed by atoms with E-state index >= 15 is 0 Å². The van der Waals surface area contributed by atoms with Gasteiger partial charge in [0, 0.05) is 10.7 Å². The zero-order chi connectivity index (χ0) is 30.0. The predicted molar refractivity (Wildman–Crippen MR) is 162 cm³/mol. The van der Waals surface area contributed by atoms with Gasteiger partial charge >= 0.3 is 0 Å². The molecule has 0 fully saturated rings.